The van der Waals surface area contributed by atoms with Crippen molar-refractivity contribution in [2.24, 2.45) is 5.92 Å². The fraction of sp³-hybridized carbons (Fsp3) is 0.293. The number of H-pyrrole nitrogens is 1. The van der Waals surface area contributed by atoms with Crippen LogP contribution in [0.2, 0.25) is 0 Å². The second-order valence-corrected chi connectivity index (χ2v) is 13.6. The first-order valence-electron chi connectivity index (χ1n) is 17.0. The van der Waals surface area contributed by atoms with E-state index < -0.39 is 41.7 Å². The number of ether oxygens (including phenoxy) is 1. The Morgan fingerprint density at radius 1 is 0.740 bits per heavy atom. The summed E-state index contributed by atoms with van der Waals surface area (Å²) in [4.78, 5) is 44.2. The molecule has 0 fully saturated rings. The summed E-state index contributed by atoms with van der Waals surface area (Å²) < 4.78 is 5.52. The number of carbonyl (C=O) groups excluding carboxylic acids is 3. The number of aliphatic hydroxyl groups is 1. The molecule has 260 valence electrons. The zero-order valence-electron chi connectivity index (χ0n) is 28.8. The molecular formula is C41H46N4O5. The van der Waals surface area contributed by atoms with Crippen molar-refractivity contribution in [3.8, 4) is 0 Å². The van der Waals surface area contributed by atoms with E-state index in [9.17, 15) is 19.5 Å². The Morgan fingerprint density at radius 2 is 1.32 bits per heavy atom. The molecule has 1 aromatic heterocycles. The highest BCUT2D eigenvalue weighted by atomic mass is 16.6. The number of aromatic nitrogens is 1. The van der Waals surface area contributed by atoms with Crippen LogP contribution in [0.3, 0.4) is 0 Å². The Balaban J connectivity index is 1.36. The third-order valence-electron chi connectivity index (χ3n) is 8.41. The minimum absolute atomic E-state index is 0.0201. The van der Waals surface area contributed by atoms with Crippen molar-refractivity contribution in [3.63, 3.8) is 0 Å². The number of fused-ring (bicyclic) bond motifs is 1. The molecule has 0 aliphatic carbocycles. The highest BCUT2D eigenvalue weighted by Crippen LogP contribution is 2.22. The zero-order chi connectivity index (χ0) is 35.5. The number of para-hydroxylation sites is 1. The number of aliphatic hydroxyl groups excluding tert-OH is 1. The van der Waals surface area contributed by atoms with Gasteiger partial charge in [-0.25, -0.2) is 4.79 Å². The molecule has 50 heavy (non-hydrogen) atoms. The first-order chi connectivity index (χ1) is 24.0. The summed E-state index contributed by atoms with van der Waals surface area (Å²) in [5.74, 6) is -1.49. The van der Waals surface area contributed by atoms with Crippen molar-refractivity contribution in [3.05, 3.63) is 144 Å². The number of benzene rings is 4. The number of hydrogen-bond acceptors (Lipinski definition) is 5. The molecule has 0 aliphatic rings. The average Bonchev–Trinajstić information content (AvgIpc) is 3.52. The minimum atomic E-state index is -1.12. The summed E-state index contributed by atoms with van der Waals surface area (Å²) in [5.41, 5.74) is 3.51. The monoisotopic (exact) mass is 674 g/mol. The summed E-state index contributed by atoms with van der Waals surface area (Å²) in [6, 6.07) is 36.3. The van der Waals surface area contributed by atoms with E-state index in [-0.39, 0.29) is 18.9 Å². The van der Waals surface area contributed by atoms with Gasteiger partial charge in [0, 0.05) is 17.1 Å². The lowest BCUT2D eigenvalue weighted by Gasteiger charge is -2.29. The maximum absolute atomic E-state index is 14.2. The summed E-state index contributed by atoms with van der Waals surface area (Å²) >= 11 is 0. The van der Waals surface area contributed by atoms with Crippen LogP contribution >= 0.6 is 0 Å². The molecule has 0 unspecified atom stereocenters. The van der Waals surface area contributed by atoms with Crippen LogP contribution in [-0.2, 0) is 33.7 Å². The molecule has 9 nitrogen and oxygen atoms in total. The molecule has 5 aromatic rings. The molecule has 0 spiro atoms. The Kier molecular flexibility index (Phi) is 12.1. The van der Waals surface area contributed by atoms with Crippen LogP contribution in [-0.4, -0.2) is 45.7 Å². The van der Waals surface area contributed by atoms with Crippen molar-refractivity contribution in [2.45, 2.75) is 70.4 Å². The number of rotatable bonds is 14. The largest absolute Gasteiger partial charge is 0.444 e. The molecule has 5 N–H and O–H groups in total. The normalized spacial score (nSPS) is 13.8. The van der Waals surface area contributed by atoms with Gasteiger partial charge in [-0.2, -0.15) is 0 Å². The second-order valence-electron chi connectivity index (χ2n) is 13.6. The maximum Gasteiger partial charge on any atom is 0.407 e. The van der Waals surface area contributed by atoms with Crippen molar-refractivity contribution in [1.29, 1.82) is 0 Å². The molecule has 4 atom stereocenters. The van der Waals surface area contributed by atoms with Crippen LogP contribution in [0.5, 0.6) is 0 Å². The minimum Gasteiger partial charge on any atom is -0.444 e. The number of alkyl carbamates (subject to hydrolysis) is 1. The van der Waals surface area contributed by atoms with E-state index in [1.165, 1.54) is 0 Å². The highest BCUT2D eigenvalue weighted by Gasteiger charge is 2.32. The first-order valence-corrected chi connectivity index (χ1v) is 17.0. The Morgan fingerprint density at radius 3 is 1.94 bits per heavy atom. The van der Waals surface area contributed by atoms with Crippen LogP contribution in [0.4, 0.5) is 4.79 Å². The van der Waals surface area contributed by atoms with Gasteiger partial charge >= 0.3 is 6.09 Å². The smallest absolute Gasteiger partial charge is 0.407 e. The molecule has 0 saturated carbocycles. The maximum atomic E-state index is 14.2. The van der Waals surface area contributed by atoms with E-state index in [0.717, 1.165) is 27.7 Å². The van der Waals surface area contributed by atoms with E-state index in [1.54, 1.807) is 32.9 Å². The molecule has 0 bridgehead atoms. The van der Waals surface area contributed by atoms with Crippen LogP contribution in [0.15, 0.2) is 121 Å². The van der Waals surface area contributed by atoms with Gasteiger partial charge in [-0.3, -0.25) is 9.59 Å². The van der Waals surface area contributed by atoms with Gasteiger partial charge in [0.15, 0.2) is 0 Å². The van der Waals surface area contributed by atoms with Gasteiger partial charge < -0.3 is 30.8 Å². The van der Waals surface area contributed by atoms with Crippen molar-refractivity contribution in [2.75, 3.05) is 0 Å². The third-order valence-corrected chi connectivity index (χ3v) is 8.41. The van der Waals surface area contributed by atoms with Crippen LogP contribution in [0.25, 0.3) is 10.9 Å². The fourth-order valence-electron chi connectivity index (χ4n) is 5.97. The van der Waals surface area contributed by atoms with Gasteiger partial charge in [-0.05, 0) is 74.2 Å². The van der Waals surface area contributed by atoms with Crippen LogP contribution < -0.4 is 16.0 Å². The molecule has 5 rings (SSSR count). The van der Waals surface area contributed by atoms with Crippen molar-refractivity contribution >= 4 is 28.8 Å². The lowest BCUT2D eigenvalue weighted by Crippen LogP contribution is -2.49. The predicted octanol–water partition coefficient (Wildman–Crippen LogP) is 6.39. The zero-order valence-corrected chi connectivity index (χ0v) is 28.8. The predicted molar refractivity (Wildman–Crippen MR) is 195 cm³/mol. The van der Waals surface area contributed by atoms with Gasteiger partial charge in [0.25, 0.3) is 0 Å². The summed E-state index contributed by atoms with van der Waals surface area (Å²) in [6.07, 6.45) is -1.12. The number of amides is 3. The molecule has 3 amide bonds. The van der Waals surface area contributed by atoms with Gasteiger partial charge in [0.2, 0.25) is 11.8 Å². The fourth-order valence-corrected chi connectivity index (χ4v) is 5.97. The van der Waals surface area contributed by atoms with Gasteiger partial charge in [-0.15, -0.1) is 0 Å². The number of nitrogens with one attached hydrogen (secondary N) is 4. The lowest BCUT2D eigenvalue weighted by molar-refractivity contribution is -0.132. The molecule has 9 heteroatoms. The van der Waals surface area contributed by atoms with Gasteiger partial charge in [0.05, 0.1) is 18.7 Å². The topological polar surface area (TPSA) is 133 Å². The molecule has 0 aliphatic heterocycles. The van der Waals surface area contributed by atoms with E-state index in [2.05, 4.69) is 20.9 Å². The number of carbonyl (C=O) groups is 3. The molecular weight excluding hydrogens is 628 g/mol. The molecule has 0 saturated heterocycles. The van der Waals surface area contributed by atoms with E-state index in [4.69, 9.17) is 4.74 Å². The highest BCUT2D eigenvalue weighted by molar-refractivity contribution is 5.89. The Labute approximate surface area is 293 Å². The van der Waals surface area contributed by atoms with Crippen LogP contribution in [0, 0.1) is 5.92 Å². The standard InChI is InChI=1S/C41H46N4O5/c1-41(2,3)50-40(49)44-35(24-29-17-9-5-10-18-29)36(46)26-32(23-28-15-7-4-8-16-28)38(47)45-37(30-19-11-6-12-20-30)39(48)42-27-33-25-31-21-13-14-22-34(31)43-33/h4-22,25,32,35-37,43,46H,23-24,26-27H2,1-3H3,(H,42,48)(H,44,49)(H,45,47)/t32-,35+,36+,37+/m1/s1. The van der Waals surface area contributed by atoms with Crippen molar-refractivity contribution < 1.29 is 24.2 Å². The molecule has 4 aromatic carbocycles. The molecule has 0 radical (unpaired) electrons. The number of aromatic amines is 1. The SMILES string of the molecule is CC(C)(C)OC(=O)N[C@@H](Cc1ccccc1)[C@@H](O)C[C@@H](Cc1ccccc1)C(=O)N[C@H](C(=O)NCc1cc2ccccc2[nH]1)c1ccccc1. The van der Waals surface area contributed by atoms with Crippen LogP contribution in [0.1, 0.15) is 55.6 Å². The molecule has 1 heterocycles. The average molecular weight is 675 g/mol. The summed E-state index contributed by atoms with van der Waals surface area (Å²) in [6.45, 7) is 5.56. The van der Waals surface area contributed by atoms with Gasteiger partial charge in [-0.1, -0.05) is 109 Å². The van der Waals surface area contributed by atoms with Crippen molar-refractivity contribution in [1.82, 2.24) is 20.9 Å². The second kappa shape index (κ2) is 16.8. The third kappa shape index (κ3) is 10.5. The number of hydrogen-bond donors (Lipinski definition) is 5. The Bertz CT molecular complexity index is 1800. The lowest BCUT2D eigenvalue weighted by atomic mass is 9.88. The first kappa shape index (κ1) is 35.9. The van der Waals surface area contributed by atoms with E-state index >= 15 is 0 Å². The van der Waals surface area contributed by atoms with E-state index in [1.807, 2.05) is 109 Å². The Hall–Kier alpha value is -5.41. The summed E-state index contributed by atoms with van der Waals surface area (Å²) in [7, 11) is 0. The summed E-state index contributed by atoms with van der Waals surface area (Å²) in [5, 5.41) is 21.6. The van der Waals surface area contributed by atoms with Gasteiger partial charge in [0.1, 0.15) is 11.6 Å². The van der Waals surface area contributed by atoms with E-state index in [0.29, 0.717) is 18.4 Å². The quantitative estimate of drug-likeness (QED) is 0.0932.